The number of nitrogens with zero attached hydrogens (tertiary/aromatic N) is 5. The molecule has 3 N–H and O–H groups in total. The summed E-state index contributed by atoms with van der Waals surface area (Å²) in [5.74, 6) is 1.19. The monoisotopic (exact) mass is 569 g/mol. The first-order chi connectivity index (χ1) is 20.3. The Morgan fingerprint density at radius 1 is 1.14 bits per heavy atom. The van der Waals surface area contributed by atoms with Gasteiger partial charge in [0.25, 0.3) is 5.91 Å². The highest BCUT2D eigenvalue weighted by molar-refractivity contribution is 6.01. The number of aliphatic hydroxyl groups excluding tert-OH is 1. The van der Waals surface area contributed by atoms with Crippen LogP contribution in [0.1, 0.15) is 59.9 Å². The highest BCUT2D eigenvalue weighted by Crippen LogP contribution is 2.38. The van der Waals surface area contributed by atoms with Crippen LogP contribution in [0, 0.1) is 0 Å². The number of aromatic nitrogens is 3. The summed E-state index contributed by atoms with van der Waals surface area (Å²) in [5, 5.41) is 17.0. The van der Waals surface area contributed by atoms with Crippen LogP contribution in [0.3, 0.4) is 0 Å². The van der Waals surface area contributed by atoms with Crippen LogP contribution in [0.25, 0.3) is 0 Å². The third-order valence-electron chi connectivity index (χ3n) is 8.16. The Morgan fingerprint density at radius 3 is 2.64 bits per heavy atom. The van der Waals surface area contributed by atoms with E-state index in [0.29, 0.717) is 66.5 Å². The van der Waals surface area contributed by atoms with Gasteiger partial charge in [-0.2, -0.15) is 0 Å². The first kappa shape index (κ1) is 27.8. The summed E-state index contributed by atoms with van der Waals surface area (Å²) >= 11 is 0. The molecule has 3 aliphatic rings. The number of pyridine rings is 1. The molecule has 0 radical (unpaired) electrons. The second kappa shape index (κ2) is 11.1. The first-order valence-electron chi connectivity index (χ1n) is 14.1. The fourth-order valence-corrected chi connectivity index (χ4v) is 5.70. The van der Waals surface area contributed by atoms with E-state index < -0.39 is 5.54 Å². The summed E-state index contributed by atoms with van der Waals surface area (Å²) in [6, 6.07) is 11.2. The van der Waals surface area contributed by atoms with Gasteiger partial charge in [0, 0.05) is 38.2 Å². The van der Waals surface area contributed by atoms with E-state index in [1.54, 1.807) is 23.4 Å². The average molecular weight is 570 g/mol. The lowest BCUT2D eigenvalue weighted by molar-refractivity contribution is 0.0442. The van der Waals surface area contributed by atoms with Crippen molar-refractivity contribution in [2.75, 3.05) is 43.6 Å². The number of nitrogens with one attached hydrogen (secondary N) is 2. The van der Waals surface area contributed by atoms with Crippen molar-refractivity contribution in [3.8, 4) is 0 Å². The Labute approximate surface area is 244 Å². The molecule has 1 saturated heterocycles. The number of carbonyl (C=O) groups excluding carboxylic acids is 1. The van der Waals surface area contributed by atoms with E-state index in [9.17, 15) is 9.90 Å². The van der Waals surface area contributed by atoms with Crippen molar-refractivity contribution in [3.05, 3.63) is 83.8 Å². The second-order valence-corrected chi connectivity index (χ2v) is 11.3. The molecule has 218 valence electrons. The largest absolute Gasteiger partial charge is 0.475 e. The van der Waals surface area contributed by atoms with Crippen LogP contribution >= 0.6 is 0 Å². The van der Waals surface area contributed by atoms with Crippen LogP contribution in [0.2, 0.25) is 0 Å². The lowest BCUT2D eigenvalue weighted by atomic mass is 9.92. The van der Waals surface area contributed by atoms with E-state index in [1.807, 2.05) is 50.2 Å². The van der Waals surface area contributed by atoms with Crippen molar-refractivity contribution in [2.45, 2.75) is 43.8 Å². The maximum absolute atomic E-state index is 12.9. The Morgan fingerprint density at radius 2 is 1.90 bits per heavy atom. The molecule has 1 atom stereocenters. The van der Waals surface area contributed by atoms with Crippen LogP contribution in [0.15, 0.2) is 66.4 Å². The second-order valence-electron chi connectivity index (χ2n) is 11.3. The molecule has 11 heteroatoms. The van der Waals surface area contributed by atoms with Crippen LogP contribution < -0.4 is 10.6 Å². The molecular weight excluding hydrogens is 534 g/mol. The standard InChI is InChI=1S/C31H35N7O4/c1-4-12-38-28(40)22-17-33-29(36-26(22)30(38,2)3)35-25-15-23(34-24(18-39)20-8-6-5-7-9-20)21(16-32-25)27-37-31(19-42-27)10-13-41-14-11-31/h4-9,15-17,24,39H,1,10-14,18-19H2,2-3H3,(H2,32,33,34,35,36)/t24-/m1/s1. The minimum Gasteiger partial charge on any atom is -0.475 e. The van der Waals surface area contributed by atoms with Gasteiger partial charge in [-0.25, -0.2) is 19.9 Å². The molecule has 42 heavy (non-hydrogen) atoms. The van der Waals surface area contributed by atoms with Crippen LogP contribution in [0.4, 0.5) is 17.5 Å². The molecule has 2 aromatic heterocycles. The number of anilines is 3. The maximum atomic E-state index is 12.9. The molecule has 1 fully saturated rings. The SMILES string of the molecule is C=CCN1C(=O)c2cnc(Nc3cc(N[C@H](CO)c4ccccc4)c(C4=NC5(CCOCC5)CO4)cn3)nc2C1(C)C. The predicted molar refractivity (Wildman–Crippen MR) is 159 cm³/mol. The third kappa shape index (κ3) is 5.10. The van der Waals surface area contributed by atoms with Crippen molar-refractivity contribution in [1.82, 2.24) is 19.9 Å². The number of ether oxygens (including phenoxy) is 2. The van der Waals surface area contributed by atoms with Gasteiger partial charge in [0.1, 0.15) is 18.0 Å². The summed E-state index contributed by atoms with van der Waals surface area (Å²) in [6.07, 6.45) is 6.56. The number of amides is 1. The van der Waals surface area contributed by atoms with E-state index in [2.05, 4.69) is 27.2 Å². The highest BCUT2D eigenvalue weighted by Gasteiger charge is 2.44. The third-order valence-corrected chi connectivity index (χ3v) is 8.16. The number of aliphatic hydroxyl groups is 1. The van der Waals surface area contributed by atoms with Gasteiger partial charge in [-0.1, -0.05) is 36.4 Å². The first-order valence-corrected chi connectivity index (χ1v) is 14.1. The molecule has 5 heterocycles. The van der Waals surface area contributed by atoms with Crippen molar-refractivity contribution in [2.24, 2.45) is 4.99 Å². The minimum atomic E-state index is -0.619. The van der Waals surface area contributed by atoms with Gasteiger partial charge in [0.05, 0.1) is 40.7 Å². The summed E-state index contributed by atoms with van der Waals surface area (Å²) in [4.78, 5) is 33.4. The number of benzene rings is 1. The Kier molecular flexibility index (Phi) is 7.38. The quantitative estimate of drug-likeness (QED) is 0.327. The molecule has 0 unspecified atom stereocenters. The molecule has 3 aromatic rings. The normalized spacial score (nSPS) is 19.2. The summed E-state index contributed by atoms with van der Waals surface area (Å²) in [6.45, 7) is 9.78. The number of hydrogen-bond acceptors (Lipinski definition) is 10. The summed E-state index contributed by atoms with van der Waals surface area (Å²) < 4.78 is 11.7. The zero-order chi connectivity index (χ0) is 29.3. The number of rotatable bonds is 9. The highest BCUT2D eigenvalue weighted by atomic mass is 16.5. The molecule has 1 spiro atoms. The molecule has 0 bridgehead atoms. The van der Waals surface area contributed by atoms with Crippen LogP contribution in [-0.2, 0) is 15.0 Å². The number of carbonyl (C=O) groups is 1. The fraction of sp³-hybridized carbons (Fsp3) is 0.387. The molecule has 3 aliphatic heterocycles. The van der Waals surface area contributed by atoms with Gasteiger partial charge in [-0.3, -0.25) is 4.79 Å². The predicted octanol–water partition coefficient (Wildman–Crippen LogP) is 3.96. The van der Waals surface area contributed by atoms with E-state index in [1.165, 1.54) is 0 Å². The van der Waals surface area contributed by atoms with E-state index >= 15 is 0 Å². The Hall–Kier alpha value is -4.35. The lowest BCUT2D eigenvalue weighted by Crippen LogP contribution is -2.39. The molecule has 0 aliphatic carbocycles. The summed E-state index contributed by atoms with van der Waals surface area (Å²) in [7, 11) is 0. The molecule has 1 amide bonds. The minimum absolute atomic E-state index is 0.119. The number of hydrogen-bond donors (Lipinski definition) is 3. The maximum Gasteiger partial charge on any atom is 0.258 e. The molecule has 1 aromatic carbocycles. The van der Waals surface area contributed by atoms with Gasteiger partial charge < -0.3 is 30.1 Å². The van der Waals surface area contributed by atoms with Gasteiger partial charge >= 0.3 is 0 Å². The molecular formula is C31H35N7O4. The number of aliphatic imine (C=N–C) groups is 1. The zero-order valence-electron chi connectivity index (χ0n) is 23.8. The zero-order valence-corrected chi connectivity index (χ0v) is 23.8. The van der Waals surface area contributed by atoms with Crippen molar-refractivity contribution in [3.63, 3.8) is 0 Å². The van der Waals surface area contributed by atoms with E-state index in [4.69, 9.17) is 19.5 Å². The van der Waals surface area contributed by atoms with Crippen molar-refractivity contribution >= 4 is 29.3 Å². The topological polar surface area (TPSA) is 134 Å². The van der Waals surface area contributed by atoms with Crippen LogP contribution in [-0.4, -0.2) is 75.3 Å². The smallest absolute Gasteiger partial charge is 0.258 e. The van der Waals surface area contributed by atoms with Gasteiger partial charge in [-0.15, -0.1) is 6.58 Å². The average Bonchev–Trinajstić information content (AvgIpc) is 3.48. The van der Waals surface area contributed by atoms with Gasteiger partial charge in [0.15, 0.2) is 0 Å². The van der Waals surface area contributed by atoms with E-state index in [0.717, 1.165) is 18.4 Å². The number of fused-ring (bicyclic) bond motifs is 1. The lowest BCUT2D eigenvalue weighted by Gasteiger charge is -2.30. The molecule has 11 nitrogen and oxygen atoms in total. The van der Waals surface area contributed by atoms with E-state index in [-0.39, 0.29) is 24.1 Å². The molecule has 6 rings (SSSR count). The van der Waals surface area contributed by atoms with Crippen LogP contribution in [0.5, 0.6) is 0 Å². The van der Waals surface area contributed by atoms with Gasteiger partial charge in [0.2, 0.25) is 11.8 Å². The Bertz CT molecular complexity index is 1520. The fourth-order valence-electron chi connectivity index (χ4n) is 5.70. The van der Waals surface area contributed by atoms with Gasteiger partial charge in [-0.05, 0) is 32.3 Å². The van der Waals surface area contributed by atoms with Crippen molar-refractivity contribution < 1.29 is 19.4 Å². The Balaban J connectivity index is 1.33. The molecule has 0 saturated carbocycles. The van der Waals surface area contributed by atoms with Crippen molar-refractivity contribution in [1.29, 1.82) is 0 Å². The summed E-state index contributed by atoms with van der Waals surface area (Å²) in [5.41, 5.74) is 2.52.